The fraction of sp³-hybridized carbons (Fsp3) is 0.625. The van der Waals surface area contributed by atoms with E-state index < -0.39 is 0 Å². The molecular formula is C16H20NO2-. The Kier molecular flexibility index (Phi) is 2.45. The van der Waals surface area contributed by atoms with Crippen LogP contribution < -0.4 is 0 Å². The van der Waals surface area contributed by atoms with Crippen LogP contribution in [-0.2, 0) is 11.8 Å². The number of phenolic OH excluding ortho intramolecular Hbond substituents is 1. The van der Waals surface area contributed by atoms with Crippen LogP contribution >= 0.6 is 0 Å². The van der Waals surface area contributed by atoms with Crippen LogP contribution in [0.4, 0.5) is 0 Å². The van der Waals surface area contributed by atoms with Crippen LogP contribution in [0.25, 0.3) is 0 Å². The molecule has 1 N–H and O–H groups in total. The molecule has 1 aliphatic heterocycles. The maximum Gasteiger partial charge on any atom is 0.115 e. The molecule has 0 spiro atoms. The molecule has 0 radical (unpaired) electrons. The molecule has 1 aromatic carbocycles. The standard InChI is InChI=1S/C16H20NO2/c18-12-5-4-11-9-15-13-3-1-2-6-16(13,14(11)10-12)7-8-17(15)19/h4-5,10,13,15,18H,1-3,6-9H2/q-1/t13-,15+,16+/m0/s1. The van der Waals surface area contributed by atoms with Gasteiger partial charge in [-0.15, -0.1) is 0 Å². The quantitative estimate of drug-likeness (QED) is 0.778. The third kappa shape index (κ3) is 1.52. The first-order valence-electron chi connectivity index (χ1n) is 7.47. The summed E-state index contributed by atoms with van der Waals surface area (Å²) in [6.07, 6.45) is 6.72. The van der Waals surface area contributed by atoms with Gasteiger partial charge in [-0.25, -0.2) is 0 Å². The molecule has 19 heavy (non-hydrogen) atoms. The molecule has 0 amide bonds. The minimum atomic E-state index is 0.172. The van der Waals surface area contributed by atoms with Crippen LogP contribution in [0.5, 0.6) is 5.75 Å². The van der Waals surface area contributed by atoms with Gasteiger partial charge in [0.2, 0.25) is 0 Å². The molecule has 2 fully saturated rings. The predicted octanol–water partition coefficient (Wildman–Crippen LogP) is 2.95. The average Bonchev–Trinajstić information content (AvgIpc) is 2.43. The zero-order valence-electron chi connectivity index (χ0n) is 11.1. The number of benzene rings is 1. The van der Waals surface area contributed by atoms with Crippen molar-refractivity contribution < 1.29 is 5.11 Å². The summed E-state index contributed by atoms with van der Waals surface area (Å²) in [6.45, 7) is 0.663. The maximum atomic E-state index is 12.2. The molecule has 1 heterocycles. The van der Waals surface area contributed by atoms with Gasteiger partial charge in [0.25, 0.3) is 0 Å². The van der Waals surface area contributed by atoms with Crippen LogP contribution in [0.3, 0.4) is 0 Å². The van der Waals surface area contributed by atoms with Crippen LogP contribution in [0.2, 0.25) is 0 Å². The van der Waals surface area contributed by atoms with Gasteiger partial charge >= 0.3 is 0 Å². The Morgan fingerprint density at radius 2 is 2.16 bits per heavy atom. The van der Waals surface area contributed by atoms with E-state index in [1.165, 1.54) is 41.9 Å². The van der Waals surface area contributed by atoms with E-state index in [9.17, 15) is 10.3 Å². The second kappa shape index (κ2) is 3.97. The summed E-state index contributed by atoms with van der Waals surface area (Å²) in [7, 11) is 0. The van der Waals surface area contributed by atoms with Gasteiger partial charge in [0.15, 0.2) is 0 Å². The van der Waals surface area contributed by atoms with E-state index in [1.807, 2.05) is 12.1 Å². The molecule has 0 aromatic heterocycles. The number of rotatable bonds is 0. The Hall–Kier alpha value is -1.06. The number of phenols is 1. The largest absolute Gasteiger partial charge is 0.785 e. The molecule has 102 valence electrons. The highest BCUT2D eigenvalue weighted by atomic mass is 16.5. The van der Waals surface area contributed by atoms with Gasteiger partial charge in [-0.2, -0.15) is 0 Å². The van der Waals surface area contributed by atoms with Crippen LogP contribution in [0.1, 0.15) is 43.2 Å². The molecule has 1 aromatic rings. The summed E-state index contributed by atoms with van der Waals surface area (Å²) in [5.41, 5.74) is 2.82. The minimum Gasteiger partial charge on any atom is -0.785 e. The number of hydrogen-bond acceptors (Lipinski definition) is 3. The average molecular weight is 258 g/mol. The third-order valence-corrected chi connectivity index (χ3v) is 5.77. The van der Waals surface area contributed by atoms with Crippen molar-refractivity contribution in [3.63, 3.8) is 0 Å². The zero-order chi connectivity index (χ0) is 13.0. The summed E-state index contributed by atoms with van der Waals surface area (Å²) in [5.74, 6) is 0.877. The van der Waals surface area contributed by atoms with Gasteiger partial charge in [0.05, 0.1) is 0 Å². The highest BCUT2D eigenvalue weighted by Crippen LogP contribution is 2.55. The smallest absolute Gasteiger partial charge is 0.115 e. The first-order valence-corrected chi connectivity index (χ1v) is 7.47. The van der Waals surface area contributed by atoms with Crippen molar-refractivity contribution in [3.8, 4) is 5.75 Å². The van der Waals surface area contributed by atoms with Crippen molar-refractivity contribution in [3.05, 3.63) is 34.5 Å². The normalized spacial score (nSPS) is 37.5. The lowest BCUT2D eigenvalue weighted by Crippen LogP contribution is -2.59. The van der Waals surface area contributed by atoms with E-state index in [-0.39, 0.29) is 11.5 Å². The van der Waals surface area contributed by atoms with E-state index in [2.05, 4.69) is 0 Å². The Labute approximate surface area is 113 Å². The lowest BCUT2D eigenvalue weighted by atomic mass is 9.52. The number of hydroxylamine groups is 2. The first kappa shape index (κ1) is 11.7. The van der Waals surface area contributed by atoms with Gasteiger partial charge in [0.1, 0.15) is 5.75 Å². The number of aromatic hydroxyl groups is 1. The topological polar surface area (TPSA) is 46.5 Å². The lowest BCUT2D eigenvalue weighted by molar-refractivity contribution is 0.0139. The van der Waals surface area contributed by atoms with Crippen LogP contribution in [-0.4, -0.2) is 22.8 Å². The highest BCUT2D eigenvalue weighted by Gasteiger charge is 2.52. The van der Waals surface area contributed by atoms with E-state index in [1.54, 1.807) is 6.07 Å². The summed E-state index contributed by atoms with van der Waals surface area (Å²) in [6, 6.07) is 5.95. The Morgan fingerprint density at radius 1 is 1.26 bits per heavy atom. The van der Waals surface area contributed by atoms with Gasteiger partial charge in [-0.05, 0) is 61.4 Å². The Balaban J connectivity index is 1.90. The second-order valence-electron chi connectivity index (χ2n) is 6.51. The van der Waals surface area contributed by atoms with E-state index in [0.717, 1.165) is 12.8 Å². The molecule has 1 saturated carbocycles. The molecule has 3 heteroatoms. The summed E-state index contributed by atoms with van der Waals surface area (Å²) in [4.78, 5) is 0. The Morgan fingerprint density at radius 3 is 3.05 bits per heavy atom. The predicted molar refractivity (Wildman–Crippen MR) is 73.9 cm³/mol. The summed E-state index contributed by atoms with van der Waals surface area (Å²) >= 11 is 0. The Bertz CT molecular complexity index is 515. The van der Waals surface area contributed by atoms with Gasteiger partial charge in [-0.3, -0.25) is 0 Å². The van der Waals surface area contributed by atoms with Crippen molar-refractivity contribution in [2.45, 2.75) is 50.0 Å². The van der Waals surface area contributed by atoms with Crippen molar-refractivity contribution in [2.75, 3.05) is 6.54 Å². The molecule has 1 saturated heterocycles. The van der Waals surface area contributed by atoms with E-state index >= 15 is 0 Å². The molecule has 3 aliphatic rings. The zero-order valence-corrected chi connectivity index (χ0v) is 11.1. The number of nitrogens with zero attached hydrogens (tertiary/aromatic N) is 1. The third-order valence-electron chi connectivity index (χ3n) is 5.77. The summed E-state index contributed by atoms with van der Waals surface area (Å²) in [5, 5.41) is 23.4. The van der Waals surface area contributed by atoms with Crippen molar-refractivity contribution in [2.24, 2.45) is 5.92 Å². The molecular weight excluding hydrogens is 238 g/mol. The maximum absolute atomic E-state index is 12.2. The fourth-order valence-electron chi connectivity index (χ4n) is 4.96. The van der Waals surface area contributed by atoms with Gasteiger partial charge < -0.3 is 15.4 Å². The van der Waals surface area contributed by atoms with Gasteiger partial charge in [0, 0.05) is 11.5 Å². The minimum absolute atomic E-state index is 0.172. The van der Waals surface area contributed by atoms with Crippen LogP contribution in [0, 0.1) is 11.1 Å². The highest BCUT2D eigenvalue weighted by molar-refractivity contribution is 5.45. The fourth-order valence-corrected chi connectivity index (χ4v) is 4.96. The number of hydrogen-bond donors (Lipinski definition) is 1. The monoisotopic (exact) mass is 258 g/mol. The van der Waals surface area contributed by atoms with E-state index in [0.29, 0.717) is 18.2 Å². The molecule has 4 rings (SSSR count). The van der Waals surface area contributed by atoms with E-state index in [4.69, 9.17) is 0 Å². The molecule has 2 bridgehead atoms. The lowest BCUT2D eigenvalue weighted by Gasteiger charge is -2.61. The summed E-state index contributed by atoms with van der Waals surface area (Å²) < 4.78 is 0. The van der Waals surface area contributed by atoms with Crippen molar-refractivity contribution in [1.82, 2.24) is 5.06 Å². The number of piperidine rings is 1. The second-order valence-corrected chi connectivity index (χ2v) is 6.51. The molecule has 3 atom stereocenters. The molecule has 2 aliphatic carbocycles. The molecule has 3 nitrogen and oxygen atoms in total. The van der Waals surface area contributed by atoms with Crippen LogP contribution in [0.15, 0.2) is 18.2 Å². The van der Waals surface area contributed by atoms with Gasteiger partial charge in [-0.1, -0.05) is 18.9 Å². The molecule has 0 unspecified atom stereocenters. The SMILES string of the molecule is [O-]N1CC[C@]23CCCC[C@H]2[C@H]1Cc1ccc(O)cc13. The number of fused-ring (bicyclic) bond motifs is 1. The van der Waals surface area contributed by atoms with Crippen molar-refractivity contribution in [1.29, 1.82) is 0 Å². The van der Waals surface area contributed by atoms with Crippen molar-refractivity contribution >= 4 is 0 Å². The first-order chi connectivity index (χ1) is 9.21.